The number of carbonyl (C=O) groups excluding carboxylic acids is 2. The lowest BCUT2D eigenvalue weighted by molar-refractivity contribution is -0.384. The van der Waals surface area contributed by atoms with Crippen LogP contribution in [0.1, 0.15) is 6.92 Å². The van der Waals surface area contributed by atoms with Crippen LogP contribution in [0.25, 0.3) is 0 Å². The molecular weight excluding hydrogens is 310 g/mol. The highest BCUT2D eigenvalue weighted by molar-refractivity contribution is 7.99. The van der Waals surface area contributed by atoms with Gasteiger partial charge in [-0.15, -0.1) is 11.8 Å². The fraction of sp³-hybridized carbons (Fsp3) is 0.385. The van der Waals surface area contributed by atoms with Gasteiger partial charge in [-0.05, 0) is 13.0 Å². The molecule has 0 unspecified atom stereocenters. The molecule has 1 aliphatic heterocycles. The van der Waals surface area contributed by atoms with Crippen LogP contribution in [0, 0.1) is 10.1 Å². The molecule has 0 saturated carbocycles. The highest BCUT2D eigenvalue weighted by atomic mass is 32.2. The first-order chi connectivity index (χ1) is 10.5. The standard InChI is InChI=1S/C13H15N3O5S/c1-2-21-13(18)14-8-12(17)15-5-6-22-11-4-3-9(16(19)20)7-10(11)15/h3-4,7H,2,5-6,8H2,1H3,(H,14,18). The maximum atomic E-state index is 12.2. The van der Waals surface area contributed by atoms with Crippen LogP contribution >= 0.6 is 11.8 Å². The predicted octanol–water partition coefficient (Wildman–Crippen LogP) is 1.78. The van der Waals surface area contributed by atoms with Gasteiger partial charge in [0.15, 0.2) is 0 Å². The Balaban J connectivity index is 2.13. The number of nitrogens with zero attached hydrogens (tertiary/aromatic N) is 2. The van der Waals surface area contributed by atoms with E-state index in [9.17, 15) is 19.7 Å². The van der Waals surface area contributed by atoms with Gasteiger partial charge in [0.25, 0.3) is 5.69 Å². The first kappa shape index (κ1) is 16.1. The van der Waals surface area contributed by atoms with E-state index in [4.69, 9.17) is 0 Å². The molecule has 0 saturated heterocycles. The fourth-order valence-corrected chi connectivity index (χ4v) is 2.98. The van der Waals surface area contributed by atoms with Gasteiger partial charge in [-0.1, -0.05) is 0 Å². The Morgan fingerprint density at radius 3 is 2.95 bits per heavy atom. The van der Waals surface area contributed by atoms with Crippen LogP contribution in [0.15, 0.2) is 23.1 Å². The molecule has 0 aromatic heterocycles. The Kier molecular flexibility index (Phi) is 5.21. The van der Waals surface area contributed by atoms with Crippen molar-refractivity contribution in [3.63, 3.8) is 0 Å². The SMILES string of the molecule is CCOC(=O)NCC(=O)N1CCSc2ccc([N+](=O)[O-])cc21. The number of thioether (sulfide) groups is 1. The van der Waals surface area contributed by atoms with E-state index in [1.807, 2.05) is 0 Å². The zero-order valence-corrected chi connectivity index (χ0v) is 12.7. The summed E-state index contributed by atoms with van der Waals surface area (Å²) in [6.45, 7) is 2.10. The monoisotopic (exact) mass is 325 g/mol. The number of rotatable bonds is 4. The van der Waals surface area contributed by atoms with Gasteiger partial charge in [0.2, 0.25) is 5.91 Å². The number of ether oxygens (including phenoxy) is 1. The molecule has 118 valence electrons. The first-order valence-electron chi connectivity index (χ1n) is 6.65. The molecule has 1 aromatic carbocycles. The lowest BCUT2D eigenvalue weighted by Gasteiger charge is -2.28. The van der Waals surface area contributed by atoms with Crippen LogP contribution in [0.2, 0.25) is 0 Å². The van der Waals surface area contributed by atoms with Crippen molar-refractivity contribution in [1.29, 1.82) is 0 Å². The van der Waals surface area contributed by atoms with Crippen LogP contribution in [-0.2, 0) is 9.53 Å². The smallest absolute Gasteiger partial charge is 0.407 e. The largest absolute Gasteiger partial charge is 0.450 e. The van der Waals surface area contributed by atoms with Gasteiger partial charge >= 0.3 is 6.09 Å². The molecule has 0 spiro atoms. The summed E-state index contributed by atoms with van der Waals surface area (Å²) in [6, 6.07) is 4.43. The van der Waals surface area contributed by atoms with Crippen LogP contribution in [0.5, 0.6) is 0 Å². The Morgan fingerprint density at radius 2 is 2.27 bits per heavy atom. The molecule has 1 aromatic rings. The number of benzene rings is 1. The van der Waals surface area contributed by atoms with Crippen molar-refractivity contribution in [2.45, 2.75) is 11.8 Å². The molecule has 1 heterocycles. The van der Waals surface area contributed by atoms with E-state index in [-0.39, 0.29) is 24.7 Å². The summed E-state index contributed by atoms with van der Waals surface area (Å²) < 4.78 is 4.69. The lowest BCUT2D eigenvalue weighted by Crippen LogP contribution is -2.42. The molecule has 0 fully saturated rings. The maximum Gasteiger partial charge on any atom is 0.407 e. The van der Waals surface area contributed by atoms with E-state index in [0.717, 1.165) is 4.90 Å². The molecule has 22 heavy (non-hydrogen) atoms. The molecule has 8 nitrogen and oxygen atoms in total. The molecule has 1 aliphatic rings. The average Bonchev–Trinajstić information content (AvgIpc) is 2.51. The summed E-state index contributed by atoms with van der Waals surface area (Å²) in [7, 11) is 0. The van der Waals surface area contributed by atoms with Gasteiger partial charge in [0.1, 0.15) is 6.54 Å². The van der Waals surface area contributed by atoms with Crippen molar-refractivity contribution in [1.82, 2.24) is 5.32 Å². The van der Waals surface area contributed by atoms with E-state index < -0.39 is 11.0 Å². The van der Waals surface area contributed by atoms with E-state index in [2.05, 4.69) is 10.1 Å². The van der Waals surface area contributed by atoms with Crippen molar-refractivity contribution in [3.8, 4) is 0 Å². The third-order valence-electron chi connectivity index (χ3n) is 2.98. The third-order valence-corrected chi connectivity index (χ3v) is 4.02. The molecule has 0 atom stereocenters. The van der Waals surface area contributed by atoms with E-state index in [1.54, 1.807) is 13.0 Å². The Hall–Kier alpha value is -2.29. The summed E-state index contributed by atoms with van der Waals surface area (Å²) >= 11 is 1.53. The number of hydrogen-bond acceptors (Lipinski definition) is 6. The van der Waals surface area contributed by atoms with Crippen molar-refractivity contribution < 1.29 is 19.2 Å². The van der Waals surface area contributed by atoms with Gasteiger partial charge in [0.05, 0.1) is 17.2 Å². The molecule has 0 aliphatic carbocycles. The lowest BCUT2D eigenvalue weighted by atomic mass is 10.2. The van der Waals surface area contributed by atoms with Gasteiger partial charge in [-0.25, -0.2) is 4.79 Å². The van der Waals surface area contributed by atoms with Crippen molar-refractivity contribution >= 4 is 35.1 Å². The van der Waals surface area contributed by atoms with Crippen molar-refractivity contribution in [3.05, 3.63) is 28.3 Å². The van der Waals surface area contributed by atoms with Crippen LogP contribution in [-0.4, -0.2) is 42.4 Å². The number of carbonyl (C=O) groups is 2. The first-order valence-corrected chi connectivity index (χ1v) is 7.63. The number of anilines is 1. The molecular formula is C13H15N3O5S. The number of nitro groups is 1. The van der Waals surface area contributed by atoms with E-state index in [0.29, 0.717) is 18.0 Å². The number of nitro benzene ring substituents is 1. The van der Waals surface area contributed by atoms with Crippen LogP contribution in [0.3, 0.4) is 0 Å². The minimum atomic E-state index is -0.665. The minimum absolute atomic E-state index is 0.0719. The van der Waals surface area contributed by atoms with Gasteiger partial charge < -0.3 is 15.0 Å². The fourth-order valence-electron chi connectivity index (χ4n) is 2.00. The minimum Gasteiger partial charge on any atom is -0.450 e. The predicted molar refractivity (Wildman–Crippen MR) is 81.2 cm³/mol. The highest BCUT2D eigenvalue weighted by Crippen LogP contribution is 2.37. The number of hydrogen-bond donors (Lipinski definition) is 1. The summed E-state index contributed by atoms with van der Waals surface area (Å²) in [5.74, 6) is 0.353. The molecule has 0 radical (unpaired) electrons. The average molecular weight is 325 g/mol. The normalized spacial score (nSPS) is 13.2. The van der Waals surface area contributed by atoms with E-state index in [1.165, 1.54) is 28.8 Å². The topological polar surface area (TPSA) is 102 Å². The summed E-state index contributed by atoms with van der Waals surface area (Å²) in [6.07, 6.45) is -0.665. The molecule has 9 heteroatoms. The Labute approximate surface area is 131 Å². The van der Waals surface area contributed by atoms with Gasteiger partial charge in [0, 0.05) is 29.3 Å². The van der Waals surface area contributed by atoms with Crippen LogP contribution in [0.4, 0.5) is 16.2 Å². The molecule has 0 bridgehead atoms. The summed E-state index contributed by atoms with van der Waals surface area (Å²) in [5, 5.41) is 13.2. The second-order valence-electron chi connectivity index (χ2n) is 4.38. The number of fused-ring (bicyclic) bond motifs is 1. The van der Waals surface area contributed by atoms with Gasteiger partial charge in [-0.2, -0.15) is 0 Å². The molecule has 1 N–H and O–H groups in total. The second-order valence-corrected chi connectivity index (χ2v) is 5.51. The number of alkyl carbamates (subject to hydrolysis) is 1. The zero-order valence-electron chi connectivity index (χ0n) is 11.9. The molecule has 2 rings (SSSR count). The number of nitrogens with one attached hydrogen (secondary N) is 1. The summed E-state index contributed by atoms with van der Waals surface area (Å²) in [5.41, 5.74) is 0.429. The zero-order chi connectivity index (χ0) is 16.1. The van der Waals surface area contributed by atoms with Crippen LogP contribution < -0.4 is 10.2 Å². The van der Waals surface area contributed by atoms with Crippen molar-refractivity contribution in [2.24, 2.45) is 0 Å². The van der Waals surface area contributed by atoms with Gasteiger partial charge in [-0.3, -0.25) is 14.9 Å². The second kappa shape index (κ2) is 7.12. The Morgan fingerprint density at radius 1 is 1.50 bits per heavy atom. The third kappa shape index (κ3) is 3.67. The Bertz CT molecular complexity index is 607. The number of amides is 2. The van der Waals surface area contributed by atoms with Crippen molar-refractivity contribution in [2.75, 3.05) is 30.3 Å². The quantitative estimate of drug-likeness (QED) is 0.669. The summed E-state index contributed by atoms with van der Waals surface area (Å²) in [4.78, 5) is 36.1. The van der Waals surface area contributed by atoms with E-state index >= 15 is 0 Å². The maximum absolute atomic E-state index is 12.2. The number of non-ortho nitro benzene ring substituents is 1. The highest BCUT2D eigenvalue weighted by Gasteiger charge is 2.25. The molecule has 2 amide bonds.